The molecule has 0 bridgehead atoms. The smallest absolute Gasteiger partial charge is 0.227 e. The van der Waals surface area contributed by atoms with Crippen LogP contribution in [0, 0.1) is 5.82 Å². The summed E-state index contributed by atoms with van der Waals surface area (Å²) in [5.74, 6) is 0.106. The van der Waals surface area contributed by atoms with Crippen molar-refractivity contribution in [3.05, 3.63) is 65.5 Å². The molecule has 0 radical (unpaired) electrons. The molecule has 2 aliphatic rings. The summed E-state index contributed by atoms with van der Waals surface area (Å²) < 4.78 is 13.1. The van der Waals surface area contributed by atoms with Gasteiger partial charge < -0.3 is 4.90 Å². The summed E-state index contributed by atoms with van der Waals surface area (Å²) in [6, 6.07) is 14.8. The molecule has 2 atom stereocenters. The molecule has 100 valence electrons. The third-order valence-electron chi connectivity index (χ3n) is 4.44. The second-order valence-corrected chi connectivity index (χ2v) is 5.53. The molecule has 20 heavy (non-hydrogen) atoms. The number of anilines is 1. The highest BCUT2D eigenvalue weighted by Crippen LogP contribution is 2.45. The van der Waals surface area contributed by atoms with Crippen molar-refractivity contribution in [1.29, 1.82) is 0 Å². The van der Waals surface area contributed by atoms with Crippen LogP contribution < -0.4 is 4.90 Å². The Morgan fingerprint density at radius 1 is 1.00 bits per heavy atom. The first-order valence-corrected chi connectivity index (χ1v) is 6.89. The highest BCUT2D eigenvalue weighted by molar-refractivity contribution is 5.99. The van der Waals surface area contributed by atoms with E-state index >= 15 is 0 Å². The van der Waals surface area contributed by atoms with Gasteiger partial charge in [0.25, 0.3) is 0 Å². The van der Waals surface area contributed by atoms with Crippen molar-refractivity contribution in [2.75, 3.05) is 4.90 Å². The molecule has 2 nitrogen and oxygen atoms in total. The van der Waals surface area contributed by atoms with Crippen molar-refractivity contribution >= 4 is 11.6 Å². The second kappa shape index (κ2) is 4.17. The van der Waals surface area contributed by atoms with Gasteiger partial charge in [0.05, 0.1) is 0 Å². The molecular formula is C17H14FNO. The van der Waals surface area contributed by atoms with Gasteiger partial charge >= 0.3 is 0 Å². The Morgan fingerprint density at radius 2 is 1.75 bits per heavy atom. The van der Waals surface area contributed by atoms with Crippen LogP contribution in [0.15, 0.2) is 48.5 Å². The topological polar surface area (TPSA) is 20.3 Å². The maximum Gasteiger partial charge on any atom is 0.227 e. The minimum absolute atomic E-state index is 0.162. The fourth-order valence-electron chi connectivity index (χ4n) is 3.53. The lowest BCUT2D eigenvalue weighted by Gasteiger charge is -2.21. The van der Waals surface area contributed by atoms with Crippen LogP contribution in [0.4, 0.5) is 10.1 Å². The molecule has 0 unspecified atom stereocenters. The maximum atomic E-state index is 13.1. The Hall–Kier alpha value is -2.16. The number of nitrogens with zero attached hydrogens (tertiary/aromatic N) is 1. The summed E-state index contributed by atoms with van der Waals surface area (Å²) in [6.45, 7) is 0. The summed E-state index contributed by atoms with van der Waals surface area (Å²) in [5.41, 5.74) is 3.34. The quantitative estimate of drug-likeness (QED) is 0.776. The number of carbonyl (C=O) groups is 1. The molecule has 0 N–H and O–H groups in total. The molecule has 0 saturated carbocycles. The molecule has 0 aromatic heterocycles. The van der Waals surface area contributed by atoms with Crippen molar-refractivity contribution < 1.29 is 9.18 Å². The van der Waals surface area contributed by atoms with Crippen molar-refractivity contribution in [1.82, 2.24) is 0 Å². The lowest BCUT2D eigenvalue weighted by Crippen LogP contribution is -2.31. The number of hydrogen-bond acceptors (Lipinski definition) is 1. The summed E-state index contributed by atoms with van der Waals surface area (Å²) in [5, 5.41) is 0. The van der Waals surface area contributed by atoms with Gasteiger partial charge in [0.1, 0.15) is 5.82 Å². The van der Waals surface area contributed by atoms with Gasteiger partial charge in [-0.05, 0) is 35.7 Å². The fraction of sp³-hybridized carbons (Fsp3) is 0.235. The number of fused-ring (bicyclic) bond motifs is 3. The van der Waals surface area contributed by atoms with Crippen LogP contribution in [0.1, 0.15) is 23.5 Å². The lowest BCUT2D eigenvalue weighted by atomic mass is 9.89. The van der Waals surface area contributed by atoms with Gasteiger partial charge in [-0.1, -0.05) is 30.3 Å². The van der Waals surface area contributed by atoms with E-state index in [0.717, 1.165) is 17.7 Å². The largest absolute Gasteiger partial charge is 0.308 e. The van der Waals surface area contributed by atoms with Gasteiger partial charge in [-0.2, -0.15) is 0 Å². The summed E-state index contributed by atoms with van der Waals surface area (Å²) in [7, 11) is 0. The van der Waals surface area contributed by atoms with Crippen LogP contribution in [-0.2, 0) is 11.2 Å². The number of amides is 1. The van der Waals surface area contributed by atoms with Gasteiger partial charge in [-0.25, -0.2) is 4.39 Å². The van der Waals surface area contributed by atoms with Crippen LogP contribution in [0.5, 0.6) is 0 Å². The fourth-order valence-corrected chi connectivity index (χ4v) is 3.53. The number of halogens is 1. The van der Waals surface area contributed by atoms with Crippen LogP contribution in [0.2, 0.25) is 0 Å². The van der Waals surface area contributed by atoms with E-state index in [1.165, 1.54) is 17.7 Å². The number of benzene rings is 2. The molecule has 2 heterocycles. The number of rotatable bonds is 1. The maximum absolute atomic E-state index is 13.1. The van der Waals surface area contributed by atoms with Crippen molar-refractivity contribution in [2.45, 2.75) is 24.8 Å². The predicted molar refractivity (Wildman–Crippen MR) is 75.2 cm³/mol. The van der Waals surface area contributed by atoms with Gasteiger partial charge in [0, 0.05) is 24.1 Å². The Labute approximate surface area is 116 Å². The average molecular weight is 267 g/mol. The predicted octanol–water partition coefficient (Wildman–Crippen LogP) is 3.27. The zero-order chi connectivity index (χ0) is 13.7. The third kappa shape index (κ3) is 1.59. The van der Waals surface area contributed by atoms with Gasteiger partial charge in [0.15, 0.2) is 0 Å². The Bertz CT molecular complexity index is 680. The first kappa shape index (κ1) is 11.6. The van der Waals surface area contributed by atoms with E-state index in [9.17, 15) is 9.18 Å². The first-order chi connectivity index (χ1) is 9.74. The molecule has 1 fully saturated rings. The Kier molecular flexibility index (Phi) is 2.43. The minimum atomic E-state index is -0.232. The monoisotopic (exact) mass is 267 g/mol. The van der Waals surface area contributed by atoms with Crippen molar-refractivity contribution in [3.8, 4) is 0 Å². The minimum Gasteiger partial charge on any atom is -0.308 e. The molecule has 0 spiro atoms. The van der Waals surface area contributed by atoms with Crippen LogP contribution in [0.3, 0.4) is 0 Å². The normalized spacial score (nSPS) is 23.9. The lowest BCUT2D eigenvalue weighted by molar-refractivity contribution is -0.117. The van der Waals surface area contributed by atoms with E-state index in [1.807, 2.05) is 23.1 Å². The molecule has 2 aromatic rings. The molecule has 4 rings (SSSR count). The molecular weight excluding hydrogens is 253 g/mol. The highest BCUT2D eigenvalue weighted by Gasteiger charge is 2.45. The third-order valence-corrected chi connectivity index (χ3v) is 4.44. The second-order valence-electron chi connectivity index (χ2n) is 5.53. The molecule has 0 aliphatic carbocycles. The molecule has 3 heteroatoms. The summed E-state index contributed by atoms with van der Waals surface area (Å²) >= 11 is 0. The van der Waals surface area contributed by atoms with Crippen LogP contribution in [-0.4, -0.2) is 11.9 Å². The van der Waals surface area contributed by atoms with Crippen molar-refractivity contribution in [2.24, 2.45) is 0 Å². The number of hydrogen-bond donors (Lipinski definition) is 0. The van der Waals surface area contributed by atoms with Crippen LogP contribution >= 0.6 is 0 Å². The summed E-state index contributed by atoms with van der Waals surface area (Å²) in [6.07, 6.45) is 1.41. The van der Waals surface area contributed by atoms with E-state index in [1.54, 1.807) is 12.1 Å². The van der Waals surface area contributed by atoms with Crippen molar-refractivity contribution in [3.63, 3.8) is 0 Å². The van der Waals surface area contributed by atoms with E-state index < -0.39 is 0 Å². The average Bonchev–Trinajstić information content (AvgIpc) is 2.98. The Balaban J connectivity index is 1.73. The van der Waals surface area contributed by atoms with Gasteiger partial charge in [0.2, 0.25) is 5.91 Å². The van der Waals surface area contributed by atoms with E-state index in [4.69, 9.17) is 0 Å². The zero-order valence-electron chi connectivity index (χ0n) is 10.9. The zero-order valence-corrected chi connectivity index (χ0v) is 10.9. The number of carbonyl (C=O) groups excluding carboxylic acids is 1. The van der Waals surface area contributed by atoms with E-state index in [-0.39, 0.29) is 23.7 Å². The Morgan fingerprint density at radius 3 is 2.55 bits per heavy atom. The number of para-hydroxylation sites is 1. The van der Waals surface area contributed by atoms with Gasteiger partial charge in [-0.15, -0.1) is 0 Å². The SMILES string of the molecule is O=C1C[C@@H](c2ccc(F)cc2)[C@H]2Cc3ccccc3N12. The highest BCUT2D eigenvalue weighted by atomic mass is 19.1. The molecule has 2 aliphatic heterocycles. The van der Waals surface area contributed by atoms with Crippen LogP contribution in [0.25, 0.3) is 0 Å². The standard InChI is InChI=1S/C17H14FNO/c18-13-7-5-11(6-8-13)14-10-17(20)19-15-4-2-1-3-12(15)9-16(14)19/h1-8,14,16H,9-10H2/t14-,16+/m0/s1. The molecule has 1 amide bonds. The van der Waals surface area contributed by atoms with E-state index in [2.05, 4.69) is 6.07 Å². The molecule has 1 saturated heterocycles. The van der Waals surface area contributed by atoms with E-state index in [0.29, 0.717) is 6.42 Å². The summed E-state index contributed by atoms with van der Waals surface area (Å²) in [4.78, 5) is 14.3. The van der Waals surface area contributed by atoms with Gasteiger partial charge in [-0.3, -0.25) is 4.79 Å². The molecule has 2 aromatic carbocycles. The first-order valence-electron chi connectivity index (χ1n) is 6.89.